The van der Waals surface area contributed by atoms with E-state index in [0.717, 1.165) is 6.42 Å². The van der Waals surface area contributed by atoms with Gasteiger partial charge in [0.25, 0.3) is 0 Å². The average Bonchev–Trinajstić information content (AvgIpc) is 1.84. The van der Waals surface area contributed by atoms with Crippen molar-refractivity contribution in [2.24, 2.45) is 0 Å². The molecule has 0 fully saturated rings. The summed E-state index contributed by atoms with van der Waals surface area (Å²) in [4.78, 5) is 0. The first-order chi connectivity index (χ1) is 4.12. The van der Waals surface area contributed by atoms with Gasteiger partial charge in [0.1, 0.15) is 0 Å². The van der Waals surface area contributed by atoms with Gasteiger partial charge in [0.2, 0.25) is 0 Å². The Morgan fingerprint density at radius 3 is 2.33 bits per heavy atom. The van der Waals surface area contributed by atoms with Crippen molar-refractivity contribution in [1.29, 1.82) is 0 Å². The van der Waals surface area contributed by atoms with Gasteiger partial charge in [-0.15, -0.1) is 0 Å². The maximum absolute atomic E-state index is 5.56. The molecule has 56 valence electrons. The molecule has 0 radical (unpaired) electrons. The van der Waals surface area contributed by atoms with Crippen molar-refractivity contribution in [3.63, 3.8) is 0 Å². The number of hydrogen-bond acceptors (Lipinski definition) is 2. The minimum absolute atomic E-state index is 0.563. The SMILES string of the molecule is CCCO[Si](Cl)(Cl)OC. The van der Waals surface area contributed by atoms with Gasteiger partial charge in [-0.1, -0.05) is 29.1 Å². The van der Waals surface area contributed by atoms with Gasteiger partial charge in [0.15, 0.2) is 0 Å². The van der Waals surface area contributed by atoms with Crippen LogP contribution in [-0.2, 0) is 8.85 Å². The van der Waals surface area contributed by atoms with Gasteiger partial charge < -0.3 is 8.85 Å². The summed E-state index contributed by atoms with van der Waals surface area (Å²) in [6.07, 6.45) is 0.900. The molecule has 0 amide bonds. The number of rotatable bonds is 4. The van der Waals surface area contributed by atoms with E-state index in [0.29, 0.717) is 6.61 Å². The normalized spacial score (nSPS) is 12.0. The summed E-state index contributed by atoms with van der Waals surface area (Å²) in [6, 6.07) is 0. The highest BCUT2D eigenvalue weighted by Gasteiger charge is 2.31. The second-order valence-corrected chi connectivity index (χ2v) is 6.71. The van der Waals surface area contributed by atoms with Crippen LogP contribution >= 0.6 is 22.2 Å². The van der Waals surface area contributed by atoms with Crippen LogP contribution in [0.1, 0.15) is 13.3 Å². The van der Waals surface area contributed by atoms with Gasteiger partial charge in [-0.2, -0.15) is 0 Å². The average molecular weight is 189 g/mol. The van der Waals surface area contributed by atoms with Crippen LogP contribution in [-0.4, -0.2) is 20.9 Å². The fourth-order valence-corrected chi connectivity index (χ4v) is 1.30. The summed E-state index contributed by atoms with van der Waals surface area (Å²) in [5.41, 5.74) is 0. The summed E-state index contributed by atoms with van der Waals surface area (Å²) in [6.45, 7) is 2.54. The van der Waals surface area contributed by atoms with Gasteiger partial charge in [-0.05, 0) is 6.42 Å². The lowest BCUT2D eigenvalue weighted by molar-refractivity contribution is 0.238. The summed E-state index contributed by atoms with van der Waals surface area (Å²) in [5.74, 6) is 0. The molecule has 0 aromatic carbocycles. The minimum Gasteiger partial charge on any atom is -0.375 e. The topological polar surface area (TPSA) is 18.5 Å². The molecule has 0 spiro atoms. The van der Waals surface area contributed by atoms with Gasteiger partial charge in [-0.25, -0.2) is 0 Å². The van der Waals surface area contributed by atoms with Crippen LogP contribution in [0.4, 0.5) is 0 Å². The predicted octanol–water partition coefficient (Wildman–Crippen LogP) is 1.97. The van der Waals surface area contributed by atoms with Crippen LogP contribution in [0, 0.1) is 0 Å². The maximum Gasteiger partial charge on any atom is 0.551 e. The van der Waals surface area contributed by atoms with Crippen LogP contribution in [0.5, 0.6) is 0 Å². The van der Waals surface area contributed by atoms with Crippen molar-refractivity contribution in [2.75, 3.05) is 13.7 Å². The molecule has 0 aliphatic rings. The van der Waals surface area contributed by atoms with Gasteiger partial charge >= 0.3 is 7.18 Å². The van der Waals surface area contributed by atoms with Crippen molar-refractivity contribution in [1.82, 2.24) is 0 Å². The molecule has 0 saturated heterocycles. The van der Waals surface area contributed by atoms with E-state index in [1.807, 2.05) is 6.92 Å². The molecule has 0 saturated carbocycles. The Balaban J connectivity index is 3.33. The summed E-state index contributed by atoms with van der Waals surface area (Å²) < 4.78 is 9.66. The van der Waals surface area contributed by atoms with Crippen LogP contribution in [0.3, 0.4) is 0 Å². The third-order valence-corrected chi connectivity index (χ3v) is 3.31. The molecule has 0 rings (SSSR count). The van der Waals surface area contributed by atoms with E-state index in [1.165, 1.54) is 7.11 Å². The predicted molar refractivity (Wildman–Crippen MR) is 40.7 cm³/mol. The standard InChI is InChI=1S/C4H10Cl2O2Si/c1-3-4-8-9(5,6)7-2/h3-4H2,1-2H3. The highest BCUT2D eigenvalue weighted by molar-refractivity contribution is 7.39. The molecule has 5 heteroatoms. The molecule has 0 unspecified atom stereocenters. The quantitative estimate of drug-likeness (QED) is 0.497. The summed E-state index contributed by atoms with van der Waals surface area (Å²) in [7, 11) is -1.31. The second kappa shape index (κ2) is 4.52. The zero-order chi connectivity index (χ0) is 7.33. The van der Waals surface area contributed by atoms with Crippen molar-refractivity contribution >= 4 is 29.3 Å². The van der Waals surface area contributed by atoms with E-state index in [4.69, 9.17) is 26.6 Å². The second-order valence-electron chi connectivity index (χ2n) is 1.52. The van der Waals surface area contributed by atoms with Crippen LogP contribution in [0.25, 0.3) is 0 Å². The monoisotopic (exact) mass is 188 g/mol. The van der Waals surface area contributed by atoms with Gasteiger partial charge in [0, 0.05) is 13.7 Å². The smallest absolute Gasteiger partial charge is 0.375 e. The van der Waals surface area contributed by atoms with Gasteiger partial charge in [0.05, 0.1) is 0 Å². The van der Waals surface area contributed by atoms with Crippen LogP contribution in [0.15, 0.2) is 0 Å². The lowest BCUT2D eigenvalue weighted by Crippen LogP contribution is -2.27. The third-order valence-electron chi connectivity index (χ3n) is 0.712. The molecule has 0 aromatic rings. The Labute approximate surface area is 65.7 Å². The van der Waals surface area contributed by atoms with Gasteiger partial charge in [-0.3, -0.25) is 0 Å². The molecule has 0 aliphatic heterocycles. The Hall–Kier alpha value is 0.717. The molecule has 0 bridgehead atoms. The Bertz CT molecular complexity index is 79.0. The highest BCUT2D eigenvalue weighted by Crippen LogP contribution is 2.16. The fourth-order valence-electron chi connectivity index (χ4n) is 0.280. The Morgan fingerprint density at radius 1 is 1.44 bits per heavy atom. The van der Waals surface area contributed by atoms with Crippen molar-refractivity contribution in [3.8, 4) is 0 Å². The minimum atomic E-state index is -2.75. The molecule has 9 heavy (non-hydrogen) atoms. The van der Waals surface area contributed by atoms with Crippen molar-refractivity contribution < 1.29 is 8.85 Å². The summed E-state index contributed by atoms with van der Waals surface area (Å²) >= 11 is 11.1. The molecule has 0 aliphatic carbocycles. The molecular formula is C4H10Cl2O2Si. The molecular weight excluding hydrogens is 179 g/mol. The Morgan fingerprint density at radius 2 is 2.00 bits per heavy atom. The van der Waals surface area contributed by atoms with E-state index >= 15 is 0 Å². The first kappa shape index (κ1) is 9.72. The molecule has 2 nitrogen and oxygen atoms in total. The highest BCUT2D eigenvalue weighted by atomic mass is 35.7. The van der Waals surface area contributed by atoms with E-state index in [2.05, 4.69) is 4.43 Å². The lowest BCUT2D eigenvalue weighted by Gasteiger charge is -2.12. The maximum atomic E-state index is 5.56. The molecule has 0 aromatic heterocycles. The number of halogens is 2. The molecule has 0 heterocycles. The van der Waals surface area contributed by atoms with Crippen molar-refractivity contribution in [3.05, 3.63) is 0 Å². The fraction of sp³-hybridized carbons (Fsp3) is 1.00. The van der Waals surface area contributed by atoms with Crippen LogP contribution < -0.4 is 0 Å². The largest absolute Gasteiger partial charge is 0.551 e. The first-order valence-electron chi connectivity index (χ1n) is 2.69. The molecule has 0 N–H and O–H groups in total. The van der Waals surface area contributed by atoms with E-state index in [1.54, 1.807) is 0 Å². The van der Waals surface area contributed by atoms with Crippen LogP contribution in [0.2, 0.25) is 0 Å². The summed E-state index contributed by atoms with van der Waals surface area (Å²) in [5, 5.41) is 0. The molecule has 0 atom stereocenters. The third kappa shape index (κ3) is 5.18. The number of hydrogen-bond donors (Lipinski definition) is 0. The van der Waals surface area contributed by atoms with E-state index in [9.17, 15) is 0 Å². The Kier molecular flexibility index (Phi) is 4.88. The van der Waals surface area contributed by atoms with Crippen molar-refractivity contribution in [2.45, 2.75) is 13.3 Å². The zero-order valence-electron chi connectivity index (χ0n) is 5.49. The van der Waals surface area contributed by atoms with E-state index in [-0.39, 0.29) is 0 Å². The lowest BCUT2D eigenvalue weighted by atomic mass is 10.5. The first-order valence-corrected chi connectivity index (χ1v) is 6.53. The zero-order valence-corrected chi connectivity index (χ0v) is 8.00. The van der Waals surface area contributed by atoms with E-state index < -0.39 is 7.18 Å².